The number of aromatic nitrogens is 3. The summed E-state index contributed by atoms with van der Waals surface area (Å²) in [6.45, 7) is 6.54. The van der Waals surface area contributed by atoms with Crippen LogP contribution in [0, 0.1) is 17.8 Å². The number of carbonyl (C=O) groups excluding carboxylic acids is 1. The highest BCUT2D eigenvalue weighted by molar-refractivity contribution is 7.15. The van der Waals surface area contributed by atoms with Crippen LogP contribution in [0.15, 0.2) is 18.6 Å². The van der Waals surface area contributed by atoms with Crippen molar-refractivity contribution < 1.29 is 4.79 Å². The van der Waals surface area contributed by atoms with E-state index in [0.29, 0.717) is 11.0 Å². The van der Waals surface area contributed by atoms with Crippen LogP contribution in [0.25, 0.3) is 0 Å². The normalized spacial score (nSPS) is 17.8. The predicted octanol–water partition coefficient (Wildman–Crippen LogP) is 2.76. The minimum atomic E-state index is -0.0821. The zero-order valence-electron chi connectivity index (χ0n) is 16.7. The van der Waals surface area contributed by atoms with Crippen molar-refractivity contribution in [3.05, 3.63) is 29.0 Å². The van der Waals surface area contributed by atoms with Crippen molar-refractivity contribution in [3.63, 3.8) is 0 Å². The molecular weight excluding hydrogens is 384 g/mol. The molecule has 0 radical (unpaired) electrons. The molecule has 2 aromatic rings. The number of amides is 1. The molecule has 4 rings (SSSR count). The summed E-state index contributed by atoms with van der Waals surface area (Å²) in [4.78, 5) is 30.2. The summed E-state index contributed by atoms with van der Waals surface area (Å²) in [5.41, 5.74) is 0.894. The van der Waals surface area contributed by atoms with Crippen LogP contribution in [0.1, 0.15) is 43.0 Å². The van der Waals surface area contributed by atoms with E-state index in [4.69, 9.17) is 0 Å². The van der Waals surface area contributed by atoms with Crippen LogP contribution in [-0.2, 0) is 11.3 Å². The van der Waals surface area contributed by atoms with Crippen molar-refractivity contribution >= 4 is 28.3 Å². The maximum absolute atomic E-state index is 11.1. The summed E-state index contributed by atoms with van der Waals surface area (Å²) < 4.78 is 0. The van der Waals surface area contributed by atoms with E-state index in [0.717, 1.165) is 57.1 Å². The van der Waals surface area contributed by atoms with Gasteiger partial charge in [0.25, 0.3) is 0 Å². The van der Waals surface area contributed by atoms with Crippen molar-refractivity contribution in [2.75, 3.05) is 36.4 Å². The Kier molecular flexibility index (Phi) is 6.37. The number of nitrogens with zero attached hydrogens (tertiary/aromatic N) is 5. The van der Waals surface area contributed by atoms with Gasteiger partial charge in [-0.25, -0.2) is 15.0 Å². The molecule has 4 heterocycles. The minimum Gasteiger partial charge on any atom is -0.341 e. The van der Waals surface area contributed by atoms with Crippen molar-refractivity contribution in [2.24, 2.45) is 5.92 Å². The van der Waals surface area contributed by atoms with Gasteiger partial charge in [-0.3, -0.25) is 9.69 Å². The van der Waals surface area contributed by atoms with Crippen LogP contribution >= 0.6 is 11.3 Å². The van der Waals surface area contributed by atoms with E-state index in [-0.39, 0.29) is 5.91 Å². The van der Waals surface area contributed by atoms with Crippen LogP contribution in [0.2, 0.25) is 0 Å². The first-order valence-electron chi connectivity index (χ1n) is 10.2. The third kappa shape index (κ3) is 5.52. The topological polar surface area (TPSA) is 74.2 Å². The highest BCUT2D eigenvalue weighted by atomic mass is 32.1. The van der Waals surface area contributed by atoms with Crippen molar-refractivity contribution in [3.8, 4) is 11.8 Å². The van der Waals surface area contributed by atoms with Gasteiger partial charge in [-0.05, 0) is 38.8 Å². The molecule has 8 heteroatoms. The smallest absolute Gasteiger partial charge is 0.225 e. The van der Waals surface area contributed by atoms with Crippen molar-refractivity contribution in [1.29, 1.82) is 0 Å². The Hall–Kier alpha value is -2.50. The fourth-order valence-corrected chi connectivity index (χ4v) is 4.60. The molecule has 2 aliphatic rings. The van der Waals surface area contributed by atoms with Gasteiger partial charge in [0.1, 0.15) is 0 Å². The summed E-state index contributed by atoms with van der Waals surface area (Å²) in [7, 11) is 0. The Morgan fingerprint density at radius 1 is 1.14 bits per heavy atom. The third-order valence-corrected chi connectivity index (χ3v) is 6.15. The van der Waals surface area contributed by atoms with Crippen LogP contribution in [0.4, 0.5) is 11.1 Å². The molecule has 0 spiro atoms. The van der Waals surface area contributed by atoms with E-state index in [1.165, 1.54) is 24.6 Å². The van der Waals surface area contributed by atoms with Gasteiger partial charge in [-0.1, -0.05) is 11.8 Å². The third-order valence-electron chi connectivity index (χ3n) is 5.25. The summed E-state index contributed by atoms with van der Waals surface area (Å²) in [5.74, 6) is 7.83. The largest absolute Gasteiger partial charge is 0.341 e. The zero-order valence-corrected chi connectivity index (χ0v) is 17.5. The average Bonchev–Trinajstić information content (AvgIpc) is 3.40. The van der Waals surface area contributed by atoms with Gasteiger partial charge in [-0.2, -0.15) is 0 Å². The SMILES string of the molecule is CC(=O)Nc1ncc(CN2CCC(C#Cc3cnc(N4CCCC4)nc3)CC2)s1. The Balaban J connectivity index is 1.25. The van der Waals surface area contributed by atoms with E-state index < -0.39 is 0 Å². The number of likely N-dealkylation sites (tertiary alicyclic amines) is 1. The Bertz CT molecular complexity index is 886. The van der Waals surface area contributed by atoms with Gasteiger partial charge in [0.15, 0.2) is 5.13 Å². The van der Waals surface area contributed by atoms with Crippen LogP contribution < -0.4 is 10.2 Å². The van der Waals surface area contributed by atoms with E-state index in [9.17, 15) is 4.79 Å². The molecule has 2 aliphatic heterocycles. The Labute approximate surface area is 175 Å². The summed E-state index contributed by atoms with van der Waals surface area (Å²) in [5, 5.41) is 3.41. The van der Waals surface area contributed by atoms with Gasteiger partial charge in [-0.15, -0.1) is 11.3 Å². The molecule has 1 amide bonds. The lowest BCUT2D eigenvalue weighted by atomic mass is 9.97. The lowest BCUT2D eigenvalue weighted by Gasteiger charge is -2.29. The number of nitrogens with one attached hydrogen (secondary N) is 1. The van der Waals surface area contributed by atoms with Gasteiger partial charge in [0.2, 0.25) is 11.9 Å². The fourth-order valence-electron chi connectivity index (χ4n) is 3.70. The Morgan fingerprint density at radius 3 is 2.55 bits per heavy atom. The van der Waals surface area contributed by atoms with E-state index in [2.05, 4.69) is 41.9 Å². The number of rotatable bonds is 4. The second-order valence-corrected chi connectivity index (χ2v) is 8.71. The lowest BCUT2D eigenvalue weighted by molar-refractivity contribution is -0.114. The zero-order chi connectivity index (χ0) is 20.1. The first kappa shape index (κ1) is 19.8. The minimum absolute atomic E-state index is 0.0821. The Morgan fingerprint density at radius 2 is 1.86 bits per heavy atom. The number of hydrogen-bond acceptors (Lipinski definition) is 7. The standard InChI is InChI=1S/C21H26N6OS/c1-16(28)25-21-24-14-19(29-21)15-26-10-6-17(7-11-26)4-5-18-12-22-20(23-13-18)27-8-2-3-9-27/h12-14,17H,2-3,6-11,15H2,1H3,(H,24,25,28). The maximum atomic E-state index is 11.1. The molecule has 7 nitrogen and oxygen atoms in total. The molecule has 2 aromatic heterocycles. The average molecular weight is 411 g/mol. The second kappa shape index (κ2) is 9.33. The number of piperidine rings is 1. The molecule has 0 unspecified atom stereocenters. The lowest BCUT2D eigenvalue weighted by Crippen LogP contribution is -2.32. The predicted molar refractivity (Wildman–Crippen MR) is 115 cm³/mol. The molecule has 152 valence electrons. The number of carbonyl (C=O) groups is 1. The van der Waals surface area contributed by atoms with Gasteiger partial charge >= 0.3 is 0 Å². The molecule has 0 aromatic carbocycles. The first-order chi connectivity index (χ1) is 14.2. The molecule has 2 fully saturated rings. The molecule has 1 N–H and O–H groups in total. The quantitative estimate of drug-likeness (QED) is 0.782. The molecule has 0 saturated carbocycles. The van der Waals surface area contributed by atoms with Gasteiger partial charge in [0.05, 0.1) is 5.56 Å². The van der Waals surface area contributed by atoms with E-state index >= 15 is 0 Å². The fraction of sp³-hybridized carbons (Fsp3) is 0.524. The highest BCUT2D eigenvalue weighted by Crippen LogP contribution is 2.23. The van der Waals surface area contributed by atoms with Crippen LogP contribution in [0.3, 0.4) is 0 Å². The number of anilines is 2. The van der Waals surface area contributed by atoms with Crippen molar-refractivity contribution in [1.82, 2.24) is 19.9 Å². The monoisotopic (exact) mass is 410 g/mol. The molecule has 29 heavy (non-hydrogen) atoms. The summed E-state index contributed by atoms with van der Waals surface area (Å²) in [6.07, 6.45) is 10.1. The van der Waals surface area contributed by atoms with Crippen LogP contribution in [0.5, 0.6) is 0 Å². The number of thiazole rings is 1. The van der Waals surface area contributed by atoms with E-state index in [1.807, 2.05) is 18.6 Å². The molecule has 0 aliphatic carbocycles. The second-order valence-electron chi connectivity index (χ2n) is 7.60. The molecular formula is C21H26N6OS. The van der Waals surface area contributed by atoms with Gasteiger partial charge in [0, 0.05) is 55.9 Å². The van der Waals surface area contributed by atoms with Crippen LogP contribution in [-0.4, -0.2) is 51.9 Å². The molecule has 2 saturated heterocycles. The van der Waals surface area contributed by atoms with Crippen molar-refractivity contribution in [2.45, 2.75) is 39.2 Å². The van der Waals surface area contributed by atoms with E-state index in [1.54, 1.807) is 11.3 Å². The first-order valence-corrected chi connectivity index (χ1v) is 11.0. The summed E-state index contributed by atoms with van der Waals surface area (Å²) in [6, 6.07) is 0. The summed E-state index contributed by atoms with van der Waals surface area (Å²) >= 11 is 1.54. The highest BCUT2D eigenvalue weighted by Gasteiger charge is 2.19. The molecule has 0 bridgehead atoms. The molecule has 0 atom stereocenters. The van der Waals surface area contributed by atoms with Gasteiger partial charge < -0.3 is 10.2 Å². The maximum Gasteiger partial charge on any atom is 0.225 e. The number of hydrogen-bond donors (Lipinski definition) is 1.